The maximum atomic E-state index is 12.5. The number of thiophene rings is 1. The van der Waals surface area contributed by atoms with Crippen LogP contribution in [0, 0.1) is 0 Å². The molecule has 0 aliphatic rings. The maximum Gasteiger partial charge on any atom is 0.338 e. The van der Waals surface area contributed by atoms with E-state index in [0.29, 0.717) is 32.8 Å². The average Bonchev–Trinajstić information content (AvgIpc) is 3.23. The quantitative estimate of drug-likeness (QED) is 0.281. The number of aromatic carboxylic acids is 1. The highest BCUT2D eigenvalue weighted by Gasteiger charge is 2.19. The highest BCUT2D eigenvalue weighted by atomic mass is 35.5. The molecule has 0 aliphatic heterocycles. The number of benzene rings is 3. The molecule has 0 unspecified atom stereocenters. The minimum absolute atomic E-state index is 0.0244. The lowest BCUT2D eigenvalue weighted by Gasteiger charge is -2.08. The van der Waals surface area contributed by atoms with Crippen molar-refractivity contribution in [2.75, 3.05) is 5.32 Å². The number of anilines is 1. The van der Waals surface area contributed by atoms with Gasteiger partial charge in [0.15, 0.2) is 0 Å². The van der Waals surface area contributed by atoms with Crippen LogP contribution in [0.15, 0.2) is 78.9 Å². The Hall–Kier alpha value is -3.32. The Morgan fingerprint density at radius 3 is 2.30 bits per heavy atom. The summed E-state index contributed by atoms with van der Waals surface area (Å²) in [6.45, 7) is 0.335. The van der Waals surface area contributed by atoms with Crippen LogP contribution in [0.4, 0.5) is 5.00 Å². The van der Waals surface area contributed by atoms with E-state index in [0.717, 1.165) is 11.1 Å². The smallest absolute Gasteiger partial charge is 0.338 e. The molecule has 0 saturated carbocycles. The van der Waals surface area contributed by atoms with E-state index < -0.39 is 11.9 Å². The van der Waals surface area contributed by atoms with Gasteiger partial charge in [-0.15, -0.1) is 11.3 Å². The van der Waals surface area contributed by atoms with Gasteiger partial charge in [-0.05, 0) is 66.2 Å². The van der Waals surface area contributed by atoms with Gasteiger partial charge >= 0.3 is 5.97 Å². The molecule has 4 aromatic rings. The molecule has 33 heavy (non-hydrogen) atoms. The lowest BCUT2D eigenvalue weighted by molar-refractivity contribution is 0.0698. The largest absolute Gasteiger partial charge is 0.489 e. The second-order valence-electron chi connectivity index (χ2n) is 7.02. The monoisotopic (exact) mass is 497 g/mol. The van der Waals surface area contributed by atoms with Crippen molar-refractivity contribution in [2.24, 2.45) is 0 Å². The number of ether oxygens (including phenoxy) is 1. The molecule has 0 spiro atoms. The van der Waals surface area contributed by atoms with Crippen molar-refractivity contribution < 1.29 is 19.4 Å². The number of carbonyl (C=O) groups is 2. The van der Waals surface area contributed by atoms with Gasteiger partial charge in [-0.25, -0.2) is 4.79 Å². The van der Waals surface area contributed by atoms with Gasteiger partial charge in [-0.3, -0.25) is 4.79 Å². The van der Waals surface area contributed by atoms with Crippen molar-refractivity contribution in [1.29, 1.82) is 0 Å². The second kappa shape index (κ2) is 10.1. The summed E-state index contributed by atoms with van der Waals surface area (Å²) in [6.07, 6.45) is 0. The third kappa shape index (κ3) is 5.54. The molecule has 8 heteroatoms. The Morgan fingerprint density at radius 1 is 0.939 bits per heavy atom. The Balaban J connectivity index is 1.50. The van der Waals surface area contributed by atoms with Crippen LogP contribution < -0.4 is 10.1 Å². The van der Waals surface area contributed by atoms with Gasteiger partial charge in [-0.2, -0.15) is 0 Å². The van der Waals surface area contributed by atoms with E-state index >= 15 is 0 Å². The molecule has 4 rings (SSSR count). The summed E-state index contributed by atoms with van der Waals surface area (Å²) < 4.78 is 5.80. The number of carboxylic acid groups (broad SMARTS) is 1. The fourth-order valence-electron chi connectivity index (χ4n) is 3.05. The molecule has 0 aliphatic carbocycles. The normalized spacial score (nSPS) is 10.6. The maximum absolute atomic E-state index is 12.5. The Labute approximate surface area is 204 Å². The van der Waals surface area contributed by atoms with Crippen LogP contribution in [-0.2, 0) is 6.61 Å². The van der Waals surface area contributed by atoms with Crippen LogP contribution in [0.25, 0.3) is 10.4 Å². The predicted octanol–water partition coefficient (Wildman–Crippen LogP) is 7.25. The molecule has 0 atom stereocenters. The first kappa shape index (κ1) is 22.9. The fraction of sp³-hybridized carbons (Fsp3) is 0.0400. The average molecular weight is 498 g/mol. The first-order valence-electron chi connectivity index (χ1n) is 9.81. The van der Waals surface area contributed by atoms with E-state index in [9.17, 15) is 14.7 Å². The van der Waals surface area contributed by atoms with Crippen LogP contribution in [0.2, 0.25) is 10.0 Å². The number of hydrogen-bond acceptors (Lipinski definition) is 4. The predicted molar refractivity (Wildman–Crippen MR) is 132 cm³/mol. The minimum Gasteiger partial charge on any atom is -0.489 e. The van der Waals surface area contributed by atoms with Crippen molar-refractivity contribution in [3.8, 4) is 16.2 Å². The van der Waals surface area contributed by atoms with Crippen LogP contribution in [0.5, 0.6) is 5.75 Å². The third-order valence-electron chi connectivity index (χ3n) is 4.79. The molecule has 2 N–H and O–H groups in total. The Kier molecular flexibility index (Phi) is 6.99. The van der Waals surface area contributed by atoms with Gasteiger partial charge in [0.2, 0.25) is 0 Å². The van der Waals surface area contributed by atoms with Crippen molar-refractivity contribution in [2.45, 2.75) is 6.61 Å². The molecular formula is C25H17Cl2NO4S. The number of halogens is 2. The van der Waals surface area contributed by atoms with Crippen LogP contribution >= 0.6 is 34.5 Å². The topological polar surface area (TPSA) is 75.6 Å². The lowest BCUT2D eigenvalue weighted by atomic mass is 10.1. The first-order chi connectivity index (χ1) is 15.9. The summed E-state index contributed by atoms with van der Waals surface area (Å²) in [7, 11) is 0. The number of rotatable bonds is 7. The lowest BCUT2D eigenvalue weighted by Crippen LogP contribution is -2.12. The van der Waals surface area contributed by atoms with Gasteiger partial charge in [0.05, 0.1) is 5.56 Å². The number of carbonyl (C=O) groups excluding carboxylic acids is 1. The molecular weight excluding hydrogens is 481 g/mol. The number of nitrogens with one attached hydrogen (secondary N) is 1. The molecule has 1 amide bonds. The highest BCUT2D eigenvalue weighted by Crippen LogP contribution is 2.36. The molecule has 5 nitrogen and oxygen atoms in total. The van der Waals surface area contributed by atoms with E-state index in [1.807, 2.05) is 36.4 Å². The summed E-state index contributed by atoms with van der Waals surface area (Å²) in [5, 5.41) is 13.7. The molecule has 0 radical (unpaired) electrons. The Bertz CT molecular complexity index is 1300. The van der Waals surface area contributed by atoms with Crippen LogP contribution in [0.1, 0.15) is 26.3 Å². The molecule has 0 saturated heterocycles. The van der Waals surface area contributed by atoms with Crippen molar-refractivity contribution in [3.05, 3.63) is 106 Å². The molecule has 3 aromatic carbocycles. The first-order valence-corrected chi connectivity index (χ1v) is 11.4. The van der Waals surface area contributed by atoms with Crippen LogP contribution in [0.3, 0.4) is 0 Å². The summed E-state index contributed by atoms with van der Waals surface area (Å²) in [6, 6.07) is 22.6. The van der Waals surface area contributed by atoms with Crippen molar-refractivity contribution in [3.63, 3.8) is 0 Å². The zero-order valence-electron chi connectivity index (χ0n) is 17.0. The highest BCUT2D eigenvalue weighted by molar-refractivity contribution is 7.20. The van der Waals surface area contributed by atoms with Gasteiger partial charge in [0.1, 0.15) is 17.4 Å². The van der Waals surface area contributed by atoms with Gasteiger partial charge in [0, 0.05) is 26.0 Å². The summed E-state index contributed by atoms with van der Waals surface area (Å²) in [5.74, 6) is -0.876. The molecule has 1 aromatic heterocycles. The standard InChI is InChI=1S/C25H17Cl2NO4S/c26-18-9-5-16(6-10-18)23(29)28-24-20(25(30)31)13-22(33-24)15-7-11-19(12-8-15)32-14-17-3-1-2-4-21(17)27/h1-13H,14H2,(H,28,29)(H,30,31). The fourth-order valence-corrected chi connectivity index (χ4v) is 4.42. The summed E-state index contributed by atoms with van der Waals surface area (Å²) in [4.78, 5) is 25.0. The second-order valence-corrected chi connectivity index (χ2v) is 8.92. The molecule has 1 heterocycles. The molecule has 0 fully saturated rings. The van der Waals surface area contributed by atoms with Crippen LogP contribution in [-0.4, -0.2) is 17.0 Å². The number of hydrogen-bond donors (Lipinski definition) is 2. The van der Waals surface area contributed by atoms with E-state index in [1.54, 1.807) is 42.5 Å². The zero-order chi connectivity index (χ0) is 23.4. The molecule has 166 valence electrons. The SMILES string of the molecule is O=C(Nc1sc(-c2ccc(OCc3ccccc3Cl)cc2)cc1C(=O)O)c1ccc(Cl)cc1. The summed E-state index contributed by atoms with van der Waals surface area (Å²) in [5.41, 5.74) is 2.09. The number of carboxylic acids is 1. The summed E-state index contributed by atoms with van der Waals surface area (Å²) >= 11 is 13.2. The minimum atomic E-state index is -1.12. The van der Waals surface area contributed by atoms with E-state index in [2.05, 4.69) is 5.32 Å². The number of amides is 1. The van der Waals surface area contributed by atoms with E-state index in [-0.39, 0.29) is 10.6 Å². The van der Waals surface area contributed by atoms with Gasteiger partial charge < -0.3 is 15.2 Å². The third-order valence-corrected chi connectivity index (χ3v) is 6.51. The van der Waals surface area contributed by atoms with E-state index in [4.69, 9.17) is 27.9 Å². The van der Waals surface area contributed by atoms with Crippen molar-refractivity contribution in [1.82, 2.24) is 0 Å². The molecule has 0 bridgehead atoms. The van der Waals surface area contributed by atoms with Gasteiger partial charge in [-0.1, -0.05) is 41.4 Å². The van der Waals surface area contributed by atoms with E-state index in [1.165, 1.54) is 11.3 Å². The van der Waals surface area contributed by atoms with Gasteiger partial charge in [0.25, 0.3) is 5.91 Å². The van der Waals surface area contributed by atoms with Crippen molar-refractivity contribution >= 4 is 51.4 Å². The Morgan fingerprint density at radius 2 is 1.64 bits per heavy atom. The zero-order valence-corrected chi connectivity index (χ0v) is 19.4.